The average Bonchev–Trinajstić information content (AvgIpc) is 3.16. The maximum atomic E-state index is 11.8. The molecule has 2 aliphatic rings. The van der Waals surface area contributed by atoms with Crippen LogP contribution < -0.4 is 10.2 Å². The second-order valence-corrected chi connectivity index (χ2v) is 5.40. The van der Waals surface area contributed by atoms with Crippen molar-refractivity contribution >= 4 is 17.3 Å². The maximum Gasteiger partial charge on any atom is 0.340 e. The summed E-state index contributed by atoms with van der Waals surface area (Å²) in [4.78, 5) is 14.0. The number of hydrogen-bond donors (Lipinski definition) is 1. The molecule has 18 heavy (non-hydrogen) atoms. The molecule has 1 saturated carbocycles. The number of ether oxygens (including phenoxy) is 1. The Labute approximate surface area is 107 Å². The summed E-state index contributed by atoms with van der Waals surface area (Å²) in [6, 6.07) is 5.78. The SMILES string of the molecule is COC(=O)c1cccc2c1NCC1(CC1)CN2C. The number of benzene rings is 1. The molecule has 4 nitrogen and oxygen atoms in total. The molecule has 0 atom stereocenters. The lowest BCUT2D eigenvalue weighted by Crippen LogP contribution is -2.27. The minimum absolute atomic E-state index is 0.278. The van der Waals surface area contributed by atoms with Gasteiger partial charge in [0.15, 0.2) is 0 Å². The number of methoxy groups -OCH3 is 1. The molecule has 0 amide bonds. The highest BCUT2D eigenvalue weighted by Crippen LogP contribution is 2.49. The molecule has 0 bridgehead atoms. The average molecular weight is 246 g/mol. The van der Waals surface area contributed by atoms with Crippen LogP contribution in [-0.2, 0) is 4.74 Å². The Hall–Kier alpha value is -1.71. The van der Waals surface area contributed by atoms with Crippen LogP contribution in [0.15, 0.2) is 18.2 Å². The number of fused-ring (bicyclic) bond motifs is 1. The summed E-state index contributed by atoms with van der Waals surface area (Å²) < 4.78 is 4.85. The summed E-state index contributed by atoms with van der Waals surface area (Å²) in [5.41, 5.74) is 3.03. The highest BCUT2D eigenvalue weighted by molar-refractivity contribution is 5.99. The highest BCUT2D eigenvalue weighted by atomic mass is 16.5. The van der Waals surface area contributed by atoms with E-state index in [1.807, 2.05) is 12.1 Å². The molecule has 0 radical (unpaired) electrons. The van der Waals surface area contributed by atoms with Gasteiger partial charge in [0, 0.05) is 25.6 Å². The fraction of sp³-hybridized carbons (Fsp3) is 0.500. The molecule has 1 aromatic carbocycles. The number of carbonyl (C=O) groups excluding carboxylic acids is 1. The van der Waals surface area contributed by atoms with Crippen LogP contribution in [0.25, 0.3) is 0 Å². The van der Waals surface area contributed by atoms with E-state index in [4.69, 9.17) is 4.74 Å². The van der Waals surface area contributed by atoms with Gasteiger partial charge in [0.05, 0.1) is 24.0 Å². The predicted molar refractivity (Wildman–Crippen MR) is 71.2 cm³/mol. The minimum Gasteiger partial charge on any atom is -0.465 e. The molecule has 96 valence electrons. The fourth-order valence-electron chi connectivity index (χ4n) is 2.76. The summed E-state index contributed by atoms with van der Waals surface area (Å²) in [6.45, 7) is 2.00. The molecular formula is C14H18N2O2. The molecule has 1 spiro atoms. The van der Waals surface area contributed by atoms with Gasteiger partial charge in [-0.3, -0.25) is 0 Å². The van der Waals surface area contributed by atoms with Crippen molar-refractivity contribution in [3.63, 3.8) is 0 Å². The monoisotopic (exact) mass is 246 g/mol. The number of rotatable bonds is 1. The maximum absolute atomic E-state index is 11.8. The number of nitrogens with zero attached hydrogens (tertiary/aromatic N) is 1. The fourth-order valence-corrected chi connectivity index (χ4v) is 2.76. The van der Waals surface area contributed by atoms with Gasteiger partial charge in [-0.05, 0) is 25.0 Å². The van der Waals surface area contributed by atoms with Crippen LogP contribution >= 0.6 is 0 Å². The first kappa shape index (κ1) is 11.4. The van der Waals surface area contributed by atoms with E-state index < -0.39 is 0 Å². The third kappa shape index (κ3) is 1.72. The molecule has 0 unspecified atom stereocenters. The van der Waals surface area contributed by atoms with Crippen LogP contribution in [0.3, 0.4) is 0 Å². The van der Waals surface area contributed by atoms with Gasteiger partial charge in [-0.1, -0.05) is 6.07 Å². The third-order valence-corrected chi connectivity index (χ3v) is 4.03. The van der Waals surface area contributed by atoms with Gasteiger partial charge in [0.1, 0.15) is 0 Å². The second-order valence-electron chi connectivity index (χ2n) is 5.40. The first-order chi connectivity index (χ1) is 8.65. The molecule has 1 aliphatic heterocycles. The Balaban J connectivity index is 2.03. The van der Waals surface area contributed by atoms with Gasteiger partial charge >= 0.3 is 5.97 Å². The van der Waals surface area contributed by atoms with Crippen LogP contribution in [0.4, 0.5) is 11.4 Å². The van der Waals surface area contributed by atoms with Crippen LogP contribution in [0.2, 0.25) is 0 Å². The van der Waals surface area contributed by atoms with Crippen LogP contribution in [0, 0.1) is 5.41 Å². The van der Waals surface area contributed by atoms with Crippen molar-refractivity contribution in [1.82, 2.24) is 0 Å². The van der Waals surface area contributed by atoms with E-state index in [1.165, 1.54) is 20.0 Å². The zero-order valence-electron chi connectivity index (χ0n) is 10.8. The van der Waals surface area contributed by atoms with Crippen molar-refractivity contribution in [3.8, 4) is 0 Å². The Morgan fingerprint density at radius 2 is 2.22 bits per heavy atom. The zero-order valence-corrected chi connectivity index (χ0v) is 10.8. The molecule has 3 rings (SSSR count). The largest absolute Gasteiger partial charge is 0.465 e. The van der Waals surface area contributed by atoms with Gasteiger partial charge in [0.2, 0.25) is 0 Å². The van der Waals surface area contributed by atoms with Gasteiger partial charge in [0.25, 0.3) is 0 Å². The van der Waals surface area contributed by atoms with Gasteiger partial charge in [-0.15, -0.1) is 0 Å². The Morgan fingerprint density at radius 3 is 2.89 bits per heavy atom. The second kappa shape index (κ2) is 3.90. The molecule has 0 saturated heterocycles. The van der Waals surface area contributed by atoms with Crippen molar-refractivity contribution in [2.24, 2.45) is 5.41 Å². The van der Waals surface area contributed by atoms with Gasteiger partial charge < -0.3 is 15.0 Å². The van der Waals surface area contributed by atoms with Crippen LogP contribution in [0.5, 0.6) is 0 Å². The van der Waals surface area contributed by atoms with E-state index in [0.717, 1.165) is 24.5 Å². The lowest BCUT2D eigenvalue weighted by Gasteiger charge is -2.22. The lowest BCUT2D eigenvalue weighted by molar-refractivity contribution is 0.0602. The molecule has 1 N–H and O–H groups in total. The third-order valence-electron chi connectivity index (χ3n) is 4.03. The van der Waals surface area contributed by atoms with E-state index in [1.54, 1.807) is 0 Å². The zero-order chi connectivity index (χ0) is 12.8. The van der Waals surface area contributed by atoms with Crippen LogP contribution in [-0.4, -0.2) is 33.2 Å². The summed E-state index contributed by atoms with van der Waals surface area (Å²) in [6.07, 6.45) is 2.54. The van der Waals surface area contributed by atoms with E-state index in [2.05, 4.69) is 23.3 Å². The molecule has 1 fully saturated rings. The quantitative estimate of drug-likeness (QED) is 0.771. The topological polar surface area (TPSA) is 41.6 Å². The van der Waals surface area contributed by atoms with E-state index >= 15 is 0 Å². The van der Waals surface area contributed by atoms with Crippen molar-refractivity contribution < 1.29 is 9.53 Å². The number of anilines is 2. The molecule has 1 aliphatic carbocycles. The van der Waals surface area contributed by atoms with E-state index in [9.17, 15) is 4.79 Å². The normalized spacial score (nSPS) is 19.8. The number of nitrogens with one attached hydrogen (secondary N) is 1. The predicted octanol–water partition coefficient (Wildman–Crippen LogP) is 2.12. The Morgan fingerprint density at radius 1 is 1.44 bits per heavy atom. The number of hydrogen-bond acceptors (Lipinski definition) is 4. The Bertz CT molecular complexity index is 495. The number of carbonyl (C=O) groups is 1. The number of esters is 1. The summed E-state index contributed by atoms with van der Waals surface area (Å²) in [5.74, 6) is -0.278. The highest BCUT2D eigenvalue weighted by Gasteiger charge is 2.45. The van der Waals surface area contributed by atoms with Gasteiger partial charge in [-0.2, -0.15) is 0 Å². The van der Waals surface area contributed by atoms with Crippen molar-refractivity contribution in [3.05, 3.63) is 23.8 Å². The molecule has 4 heteroatoms. The van der Waals surface area contributed by atoms with E-state index in [0.29, 0.717) is 11.0 Å². The smallest absolute Gasteiger partial charge is 0.340 e. The molecule has 0 aromatic heterocycles. The number of para-hydroxylation sites is 1. The first-order valence-corrected chi connectivity index (χ1v) is 6.32. The first-order valence-electron chi connectivity index (χ1n) is 6.32. The van der Waals surface area contributed by atoms with Crippen molar-refractivity contribution in [2.45, 2.75) is 12.8 Å². The Kier molecular flexibility index (Phi) is 2.47. The molecular weight excluding hydrogens is 228 g/mol. The summed E-state index contributed by atoms with van der Waals surface area (Å²) >= 11 is 0. The minimum atomic E-state index is -0.278. The summed E-state index contributed by atoms with van der Waals surface area (Å²) in [5, 5.41) is 3.45. The standard InChI is InChI=1S/C14H18N2O2/c1-16-9-14(6-7-14)8-15-12-10(13(17)18-2)4-3-5-11(12)16/h3-5,15H,6-9H2,1-2H3. The molecule has 1 heterocycles. The lowest BCUT2D eigenvalue weighted by atomic mass is 10.1. The van der Waals surface area contributed by atoms with Gasteiger partial charge in [-0.25, -0.2) is 4.79 Å². The van der Waals surface area contributed by atoms with Crippen LogP contribution in [0.1, 0.15) is 23.2 Å². The molecule has 1 aromatic rings. The van der Waals surface area contributed by atoms with Crippen molar-refractivity contribution in [2.75, 3.05) is 37.5 Å². The van der Waals surface area contributed by atoms with E-state index in [-0.39, 0.29) is 5.97 Å². The summed E-state index contributed by atoms with van der Waals surface area (Å²) in [7, 11) is 3.51. The van der Waals surface area contributed by atoms with Crippen molar-refractivity contribution in [1.29, 1.82) is 0 Å².